The van der Waals surface area contributed by atoms with Gasteiger partial charge >= 0.3 is 7.12 Å². The molecule has 40 heavy (non-hydrogen) atoms. The predicted octanol–water partition coefficient (Wildman–Crippen LogP) is 3.81. The van der Waals surface area contributed by atoms with E-state index >= 15 is 0 Å². The summed E-state index contributed by atoms with van der Waals surface area (Å²) in [6.45, 7) is 4.00. The van der Waals surface area contributed by atoms with Crippen LogP contribution >= 0.6 is 23.2 Å². The molecule has 0 bridgehead atoms. The molecule has 2 aromatic carbocycles. The van der Waals surface area contributed by atoms with Crippen LogP contribution in [0.15, 0.2) is 60.2 Å². The van der Waals surface area contributed by atoms with Gasteiger partial charge in [0.05, 0.1) is 16.6 Å². The van der Waals surface area contributed by atoms with Crippen LogP contribution in [0.2, 0.25) is 16.4 Å². The van der Waals surface area contributed by atoms with E-state index in [-0.39, 0.29) is 41.4 Å². The van der Waals surface area contributed by atoms with Crippen LogP contribution in [0.4, 0.5) is 0 Å². The van der Waals surface area contributed by atoms with E-state index in [9.17, 15) is 29.7 Å². The minimum Gasteiger partial charge on any atom is -0.427 e. The number of nitriles is 1. The smallest absolute Gasteiger partial charge is 0.427 e. The van der Waals surface area contributed by atoms with Crippen molar-refractivity contribution in [2.45, 2.75) is 51.5 Å². The van der Waals surface area contributed by atoms with Crippen molar-refractivity contribution in [3.8, 4) is 6.07 Å². The molecule has 0 aliphatic carbocycles. The number of hydrogen-bond acceptors (Lipinski definition) is 6. The normalized spacial score (nSPS) is 12.7. The molecule has 12 heteroatoms. The number of nitrogens with zero attached hydrogens (tertiary/aromatic N) is 1. The third-order valence-corrected chi connectivity index (χ3v) is 6.39. The quantitative estimate of drug-likeness (QED) is 0.0982. The van der Waals surface area contributed by atoms with Crippen LogP contribution in [0.25, 0.3) is 0 Å². The van der Waals surface area contributed by atoms with Gasteiger partial charge in [0.2, 0.25) is 5.91 Å². The van der Waals surface area contributed by atoms with Crippen LogP contribution < -0.4 is 16.0 Å². The van der Waals surface area contributed by atoms with E-state index in [4.69, 9.17) is 23.2 Å². The van der Waals surface area contributed by atoms with Gasteiger partial charge in [-0.1, -0.05) is 73.5 Å². The van der Waals surface area contributed by atoms with Gasteiger partial charge in [-0.25, -0.2) is 0 Å². The first-order chi connectivity index (χ1) is 19.0. The molecule has 5 N–H and O–H groups in total. The standard InChI is InChI=1S/C28H33BCl2N4O5/c1-18(2)14-20(17-32)26(36)33-13-7-6-10-24(34-27(37)22-15-21(30)11-12-23(22)31)28(38)35-25(16-29(39)40)19-8-4-3-5-9-19/h3-5,8-9,11-12,14-15,18,24-25,39-40H,6-7,10,13,16H2,1-2H3,(H,33,36)(H,34,37)(H,35,38)/t24-,25+/m0/s1. The number of allylic oxidation sites excluding steroid dienone is 1. The van der Waals surface area contributed by atoms with Crippen molar-refractivity contribution >= 4 is 48.0 Å². The summed E-state index contributed by atoms with van der Waals surface area (Å²) in [5, 5.41) is 37.0. The van der Waals surface area contributed by atoms with Crippen molar-refractivity contribution in [3.05, 3.63) is 81.4 Å². The maximum absolute atomic E-state index is 13.4. The number of rotatable bonds is 14. The summed E-state index contributed by atoms with van der Waals surface area (Å²) >= 11 is 12.2. The molecule has 9 nitrogen and oxygen atoms in total. The average molecular weight is 587 g/mol. The lowest BCUT2D eigenvalue weighted by Crippen LogP contribution is -2.48. The fourth-order valence-corrected chi connectivity index (χ4v) is 4.27. The number of hydrogen-bond donors (Lipinski definition) is 5. The molecule has 2 rings (SSSR count). The molecule has 0 heterocycles. The molecule has 0 saturated heterocycles. The Labute approximate surface area is 244 Å². The lowest BCUT2D eigenvalue weighted by atomic mass is 9.79. The van der Waals surface area contributed by atoms with Gasteiger partial charge in [-0.15, -0.1) is 0 Å². The van der Waals surface area contributed by atoms with Gasteiger partial charge in [0.1, 0.15) is 17.7 Å². The van der Waals surface area contributed by atoms with Crippen LogP contribution in [0, 0.1) is 17.2 Å². The summed E-state index contributed by atoms with van der Waals surface area (Å²) in [6.07, 6.45) is 2.55. The number of nitrogens with one attached hydrogen (secondary N) is 3. The largest absolute Gasteiger partial charge is 0.453 e. The number of halogens is 2. The number of unbranched alkanes of at least 4 members (excludes halogenated alkanes) is 1. The Balaban J connectivity index is 2.13. The van der Waals surface area contributed by atoms with Crippen LogP contribution in [-0.2, 0) is 9.59 Å². The molecule has 0 aliphatic rings. The van der Waals surface area contributed by atoms with Gasteiger partial charge in [0.15, 0.2) is 0 Å². The Morgan fingerprint density at radius 3 is 2.38 bits per heavy atom. The van der Waals surface area contributed by atoms with E-state index in [2.05, 4.69) is 16.0 Å². The summed E-state index contributed by atoms with van der Waals surface area (Å²) in [7, 11) is -1.67. The molecule has 0 aromatic heterocycles. The maximum Gasteiger partial charge on any atom is 0.453 e. The van der Waals surface area contributed by atoms with Gasteiger partial charge in [-0.05, 0) is 48.9 Å². The Morgan fingerprint density at radius 1 is 1.05 bits per heavy atom. The zero-order valence-corrected chi connectivity index (χ0v) is 23.9. The fourth-order valence-electron chi connectivity index (χ4n) is 3.89. The van der Waals surface area contributed by atoms with Crippen LogP contribution in [0.3, 0.4) is 0 Å². The van der Waals surface area contributed by atoms with Gasteiger partial charge in [-0.2, -0.15) is 5.26 Å². The second-order valence-corrected chi connectivity index (χ2v) is 10.4. The number of carbonyl (C=O) groups is 3. The highest BCUT2D eigenvalue weighted by atomic mass is 35.5. The van der Waals surface area contributed by atoms with Crippen molar-refractivity contribution in [2.75, 3.05) is 6.54 Å². The van der Waals surface area contributed by atoms with Crippen molar-refractivity contribution in [1.29, 1.82) is 5.26 Å². The lowest BCUT2D eigenvalue weighted by Gasteiger charge is -2.24. The Kier molecular flexibility index (Phi) is 13.7. The first kappa shape index (κ1) is 32.9. The minimum atomic E-state index is -1.67. The highest BCUT2D eigenvalue weighted by molar-refractivity contribution is 6.41. The van der Waals surface area contributed by atoms with E-state index in [1.54, 1.807) is 36.4 Å². The van der Waals surface area contributed by atoms with E-state index in [1.807, 2.05) is 19.9 Å². The molecular formula is C28H33BCl2N4O5. The molecule has 0 radical (unpaired) electrons. The fraction of sp³-hybridized carbons (Fsp3) is 0.357. The van der Waals surface area contributed by atoms with E-state index in [1.165, 1.54) is 18.2 Å². The van der Waals surface area contributed by atoms with Crippen molar-refractivity contribution in [2.24, 2.45) is 5.92 Å². The lowest BCUT2D eigenvalue weighted by molar-refractivity contribution is -0.124. The molecular weight excluding hydrogens is 554 g/mol. The molecule has 3 amide bonds. The Morgan fingerprint density at radius 2 is 1.75 bits per heavy atom. The van der Waals surface area contributed by atoms with Crippen LogP contribution in [0.1, 0.15) is 55.1 Å². The maximum atomic E-state index is 13.4. The molecule has 0 fully saturated rings. The summed E-state index contributed by atoms with van der Waals surface area (Å²) in [5.74, 6) is -1.56. The number of amides is 3. The highest BCUT2D eigenvalue weighted by Gasteiger charge is 2.27. The second kappa shape index (κ2) is 16.7. The first-order valence-electron chi connectivity index (χ1n) is 12.9. The molecule has 2 atom stereocenters. The molecule has 0 unspecified atom stereocenters. The first-order valence-corrected chi connectivity index (χ1v) is 13.6. The molecule has 0 aliphatic heterocycles. The minimum absolute atomic E-state index is 0.0379. The molecule has 0 spiro atoms. The highest BCUT2D eigenvalue weighted by Crippen LogP contribution is 2.22. The van der Waals surface area contributed by atoms with E-state index < -0.39 is 36.9 Å². The SMILES string of the molecule is CC(C)C=C(C#N)C(=O)NCCCC[C@H](NC(=O)c1cc(Cl)ccc1Cl)C(=O)N[C@H](CB(O)O)c1ccccc1. The van der Waals surface area contributed by atoms with Gasteiger partial charge in [0, 0.05) is 17.9 Å². The summed E-state index contributed by atoms with van der Waals surface area (Å²) in [4.78, 5) is 38.6. The number of benzene rings is 2. The zero-order chi connectivity index (χ0) is 29.7. The van der Waals surface area contributed by atoms with Gasteiger partial charge in [-0.3, -0.25) is 14.4 Å². The third-order valence-electron chi connectivity index (χ3n) is 5.83. The molecule has 0 saturated carbocycles. The zero-order valence-electron chi connectivity index (χ0n) is 22.4. The third kappa shape index (κ3) is 11.0. The van der Waals surface area contributed by atoms with Crippen molar-refractivity contribution in [1.82, 2.24) is 16.0 Å². The molecule has 2 aromatic rings. The molecule has 212 valence electrons. The number of carbonyl (C=O) groups excluding carboxylic acids is 3. The topological polar surface area (TPSA) is 152 Å². The Hall–Kier alpha value is -3.36. The van der Waals surface area contributed by atoms with E-state index in [0.717, 1.165) is 0 Å². The predicted molar refractivity (Wildman–Crippen MR) is 155 cm³/mol. The van der Waals surface area contributed by atoms with Crippen LogP contribution in [0.5, 0.6) is 0 Å². The monoisotopic (exact) mass is 586 g/mol. The Bertz CT molecular complexity index is 1230. The van der Waals surface area contributed by atoms with E-state index in [0.29, 0.717) is 23.4 Å². The average Bonchev–Trinajstić information content (AvgIpc) is 2.91. The van der Waals surface area contributed by atoms with Gasteiger partial charge in [0.25, 0.3) is 11.8 Å². The van der Waals surface area contributed by atoms with Crippen LogP contribution in [-0.4, -0.2) is 47.5 Å². The summed E-state index contributed by atoms with van der Waals surface area (Å²) in [5.41, 5.74) is 0.805. The van der Waals surface area contributed by atoms with Gasteiger partial charge < -0.3 is 26.0 Å². The van der Waals surface area contributed by atoms with Crippen molar-refractivity contribution < 1.29 is 24.4 Å². The summed E-state index contributed by atoms with van der Waals surface area (Å²) in [6, 6.07) is 13.4. The second-order valence-electron chi connectivity index (χ2n) is 9.53. The van der Waals surface area contributed by atoms with Crippen molar-refractivity contribution in [3.63, 3.8) is 0 Å². The summed E-state index contributed by atoms with van der Waals surface area (Å²) < 4.78 is 0.